The van der Waals surface area contributed by atoms with Crippen LogP contribution in [0, 0.1) is 5.92 Å². The number of carbonyl (C=O) groups is 2. The van der Waals surface area contributed by atoms with Gasteiger partial charge in [-0.05, 0) is 42.5 Å². The molecule has 2 aliphatic heterocycles. The maximum absolute atomic E-state index is 12.8. The topological polar surface area (TPSA) is 86.8 Å². The minimum atomic E-state index is -3.24. The van der Waals surface area contributed by atoms with Crippen molar-refractivity contribution in [2.24, 2.45) is 5.92 Å². The zero-order valence-corrected chi connectivity index (χ0v) is 16.3. The van der Waals surface area contributed by atoms with Crippen LogP contribution in [0.5, 0.6) is 0 Å². The summed E-state index contributed by atoms with van der Waals surface area (Å²) in [4.78, 5) is 26.2. The number of piperidine rings is 1. The highest BCUT2D eigenvalue weighted by atomic mass is 32.2. The highest BCUT2D eigenvalue weighted by molar-refractivity contribution is 7.88. The smallest absolute Gasteiger partial charge is 0.245 e. The van der Waals surface area contributed by atoms with Crippen LogP contribution in [-0.4, -0.2) is 55.3 Å². The van der Waals surface area contributed by atoms with E-state index in [1.165, 1.54) is 16.6 Å². The zero-order valence-electron chi connectivity index (χ0n) is 15.5. The fraction of sp³-hybridized carbons (Fsp3) is 0.474. The van der Waals surface area contributed by atoms with Gasteiger partial charge in [-0.25, -0.2) is 8.42 Å². The van der Waals surface area contributed by atoms with E-state index in [1.54, 1.807) is 4.90 Å². The monoisotopic (exact) mass is 391 g/mol. The molecule has 7 nitrogen and oxygen atoms in total. The molecule has 0 spiro atoms. The van der Waals surface area contributed by atoms with Gasteiger partial charge in [-0.1, -0.05) is 18.7 Å². The van der Waals surface area contributed by atoms with Crippen molar-refractivity contribution in [2.75, 3.05) is 31.2 Å². The first kappa shape index (κ1) is 19.6. The Labute approximate surface area is 160 Å². The van der Waals surface area contributed by atoms with Crippen molar-refractivity contribution in [3.05, 3.63) is 42.0 Å². The van der Waals surface area contributed by atoms with Crippen LogP contribution in [0.25, 0.3) is 0 Å². The van der Waals surface area contributed by atoms with E-state index in [9.17, 15) is 18.0 Å². The number of rotatable bonds is 4. The summed E-state index contributed by atoms with van der Waals surface area (Å²) in [7, 11) is -3.24. The number of benzene rings is 1. The Kier molecular flexibility index (Phi) is 5.67. The van der Waals surface area contributed by atoms with Gasteiger partial charge >= 0.3 is 0 Å². The average Bonchev–Trinajstić information content (AvgIpc) is 2.66. The largest absolute Gasteiger partial charge is 0.338 e. The van der Waals surface area contributed by atoms with Crippen LogP contribution in [0.15, 0.2) is 30.9 Å². The van der Waals surface area contributed by atoms with Gasteiger partial charge in [0.05, 0.1) is 12.2 Å². The van der Waals surface area contributed by atoms with Crippen molar-refractivity contribution in [1.29, 1.82) is 0 Å². The average molecular weight is 391 g/mol. The van der Waals surface area contributed by atoms with Gasteiger partial charge in [0, 0.05) is 31.9 Å². The molecule has 2 heterocycles. The molecule has 1 aromatic rings. The predicted octanol–water partition coefficient (Wildman–Crippen LogP) is 1.37. The molecule has 1 atom stereocenters. The number of fused-ring (bicyclic) bond motifs is 1. The van der Waals surface area contributed by atoms with E-state index in [1.807, 2.05) is 18.2 Å². The van der Waals surface area contributed by atoms with E-state index >= 15 is 0 Å². The molecule has 2 amide bonds. The van der Waals surface area contributed by atoms with Crippen molar-refractivity contribution in [2.45, 2.75) is 25.8 Å². The molecule has 146 valence electrons. The molecule has 0 bridgehead atoms. The summed E-state index contributed by atoms with van der Waals surface area (Å²) in [5, 5.41) is 3.00. The predicted molar refractivity (Wildman–Crippen MR) is 104 cm³/mol. The number of likely N-dealkylation sites (tertiary alicyclic amines) is 1. The number of sulfonamides is 1. The summed E-state index contributed by atoms with van der Waals surface area (Å²) in [6, 6.07) is 5.57. The van der Waals surface area contributed by atoms with Crippen LogP contribution in [-0.2, 0) is 32.6 Å². The summed E-state index contributed by atoms with van der Waals surface area (Å²) in [6.07, 6.45) is 4.58. The van der Waals surface area contributed by atoms with Gasteiger partial charge in [0.2, 0.25) is 21.8 Å². The number of hydrogen-bond donors (Lipinski definition) is 1. The van der Waals surface area contributed by atoms with E-state index in [-0.39, 0.29) is 17.7 Å². The van der Waals surface area contributed by atoms with Gasteiger partial charge in [0.1, 0.15) is 0 Å². The molecule has 0 saturated carbocycles. The molecule has 0 aromatic heterocycles. The van der Waals surface area contributed by atoms with Crippen molar-refractivity contribution in [3.8, 4) is 0 Å². The molecule has 1 aromatic carbocycles. The van der Waals surface area contributed by atoms with E-state index in [0.717, 1.165) is 29.7 Å². The summed E-state index contributed by atoms with van der Waals surface area (Å²) in [5.74, 6) is -0.504. The van der Waals surface area contributed by atoms with Crippen LogP contribution in [0.4, 0.5) is 5.69 Å². The third-order valence-electron chi connectivity index (χ3n) is 5.24. The molecule has 1 N–H and O–H groups in total. The van der Waals surface area contributed by atoms with Crippen LogP contribution >= 0.6 is 0 Å². The van der Waals surface area contributed by atoms with Gasteiger partial charge in [-0.2, -0.15) is 4.31 Å². The SMILES string of the molecule is C=CC(=O)N1CCCC(C(=O)Nc2cccc3c2CCN(S(C)(=O)=O)C3)C1. The van der Waals surface area contributed by atoms with Crippen LogP contribution < -0.4 is 5.32 Å². The molecule has 8 heteroatoms. The second kappa shape index (κ2) is 7.82. The molecular weight excluding hydrogens is 366 g/mol. The third kappa shape index (κ3) is 4.39. The van der Waals surface area contributed by atoms with Crippen molar-refractivity contribution < 1.29 is 18.0 Å². The van der Waals surface area contributed by atoms with Crippen molar-refractivity contribution in [1.82, 2.24) is 9.21 Å². The molecule has 27 heavy (non-hydrogen) atoms. The van der Waals surface area contributed by atoms with Crippen LogP contribution in [0.2, 0.25) is 0 Å². The lowest BCUT2D eigenvalue weighted by Gasteiger charge is -2.32. The lowest BCUT2D eigenvalue weighted by atomic mass is 9.95. The maximum Gasteiger partial charge on any atom is 0.245 e. The maximum atomic E-state index is 12.8. The minimum Gasteiger partial charge on any atom is -0.338 e. The molecule has 2 aliphatic rings. The Balaban J connectivity index is 1.72. The first-order valence-corrected chi connectivity index (χ1v) is 10.9. The molecule has 0 radical (unpaired) electrons. The fourth-order valence-corrected chi connectivity index (χ4v) is 4.54. The van der Waals surface area contributed by atoms with Gasteiger partial charge < -0.3 is 10.2 Å². The normalized spacial score (nSPS) is 20.6. The second-order valence-corrected chi connectivity index (χ2v) is 9.09. The third-order valence-corrected chi connectivity index (χ3v) is 6.49. The summed E-state index contributed by atoms with van der Waals surface area (Å²) in [5.41, 5.74) is 2.63. The highest BCUT2D eigenvalue weighted by Crippen LogP contribution is 2.28. The van der Waals surface area contributed by atoms with Gasteiger partial charge in [-0.3, -0.25) is 9.59 Å². The van der Waals surface area contributed by atoms with Crippen molar-refractivity contribution >= 4 is 27.5 Å². The Morgan fingerprint density at radius 3 is 2.78 bits per heavy atom. The summed E-state index contributed by atoms with van der Waals surface area (Å²) in [6.45, 7) is 5.28. The summed E-state index contributed by atoms with van der Waals surface area (Å²) < 4.78 is 25.0. The first-order valence-electron chi connectivity index (χ1n) is 9.07. The van der Waals surface area contributed by atoms with Crippen molar-refractivity contribution in [3.63, 3.8) is 0 Å². The second-order valence-electron chi connectivity index (χ2n) is 7.11. The minimum absolute atomic E-state index is 0.101. The molecule has 1 unspecified atom stereocenters. The standard InChI is InChI=1S/C19H25N3O4S/c1-3-18(23)21-10-5-7-15(12-21)19(24)20-17-8-4-6-14-13-22(27(2,25)26)11-9-16(14)17/h3-4,6,8,15H,1,5,7,9-13H2,2H3,(H,20,24). The number of amides is 2. The Morgan fingerprint density at radius 2 is 2.07 bits per heavy atom. The Hall–Kier alpha value is -2.19. The number of carbonyl (C=O) groups excluding carboxylic acids is 2. The Morgan fingerprint density at radius 1 is 1.30 bits per heavy atom. The summed E-state index contributed by atoms with van der Waals surface area (Å²) >= 11 is 0. The molecule has 0 aliphatic carbocycles. The number of anilines is 1. The van der Waals surface area contributed by atoms with Gasteiger partial charge in [0.15, 0.2) is 0 Å². The molecular formula is C19H25N3O4S. The van der Waals surface area contributed by atoms with Crippen LogP contribution in [0.3, 0.4) is 0 Å². The number of nitrogens with zero attached hydrogens (tertiary/aromatic N) is 2. The molecule has 1 fully saturated rings. The lowest BCUT2D eigenvalue weighted by Crippen LogP contribution is -2.43. The molecule has 3 rings (SSSR count). The van der Waals surface area contributed by atoms with E-state index in [0.29, 0.717) is 32.6 Å². The number of nitrogens with one attached hydrogen (secondary N) is 1. The van der Waals surface area contributed by atoms with Gasteiger partial charge in [0.25, 0.3) is 0 Å². The quantitative estimate of drug-likeness (QED) is 0.786. The Bertz CT molecular complexity index is 866. The van der Waals surface area contributed by atoms with E-state index in [2.05, 4.69) is 11.9 Å². The van der Waals surface area contributed by atoms with Crippen LogP contribution in [0.1, 0.15) is 24.0 Å². The van der Waals surface area contributed by atoms with Gasteiger partial charge in [-0.15, -0.1) is 0 Å². The van der Waals surface area contributed by atoms with E-state index < -0.39 is 10.0 Å². The lowest BCUT2D eigenvalue weighted by molar-refractivity contribution is -0.130. The van der Waals surface area contributed by atoms with E-state index in [4.69, 9.17) is 0 Å². The first-order chi connectivity index (χ1) is 12.8. The molecule has 1 saturated heterocycles. The fourth-order valence-electron chi connectivity index (χ4n) is 3.74. The highest BCUT2D eigenvalue weighted by Gasteiger charge is 2.29. The zero-order chi connectivity index (χ0) is 19.6. The number of hydrogen-bond acceptors (Lipinski definition) is 4.